The molecular weight excluding hydrogens is 378 g/mol. The minimum atomic E-state index is -0.524. The van der Waals surface area contributed by atoms with Crippen LogP contribution in [0, 0.1) is 13.8 Å². The van der Waals surface area contributed by atoms with Crippen LogP contribution in [0.2, 0.25) is 0 Å². The van der Waals surface area contributed by atoms with Crippen LogP contribution in [0.15, 0.2) is 24.3 Å². The Morgan fingerprint density at radius 2 is 1.67 bits per heavy atom. The largest absolute Gasteiger partial charge is 0.444 e. The number of amides is 1. The van der Waals surface area contributed by atoms with Gasteiger partial charge in [0.1, 0.15) is 11.4 Å². The fourth-order valence-corrected chi connectivity index (χ4v) is 3.94. The maximum atomic E-state index is 12.3. The number of nitrogen functional groups attached to an aromatic ring is 1. The van der Waals surface area contributed by atoms with Crippen molar-refractivity contribution in [3.63, 3.8) is 0 Å². The highest BCUT2D eigenvalue weighted by Crippen LogP contribution is 2.26. The summed E-state index contributed by atoms with van der Waals surface area (Å²) in [6.07, 6.45) is 3.59. The lowest BCUT2D eigenvalue weighted by Gasteiger charge is -2.33. The smallest absolute Gasteiger partial charge is 0.407 e. The summed E-state index contributed by atoms with van der Waals surface area (Å²) in [5, 5.41) is 6.50. The fourth-order valence-electron chi connectivity index (χ4n) is 3.94. The standard InChI is InChI=1S/C23H33N5O2/c1-14-10-15(2)12-16(11-14)19-13-20(28-21(24)26-19)25-17-8-6-7-9-18(17)27-22(29)30-23(3,4)5/h10-13,17-18H,6-9H2,1-5H3,(H,27,29)(H3,24,25,26,28). The zero-order chi connectivity index (χ0) is 21.9. The number of benzene rings is 1. The molecule has 2 atom stereocenters. The van der Waals surface area contributed by atoms with E-state index in [4.69, 9.17) is 10.5 Å². The number of ether oxygens (including phenoxy) is 1. The second-order valence-electron chi connectivity index (χ2n) is 9.16. The summed E-state index contributed by atoms with van der Waals surface area (Å²) in [5.41, 5.74) is 9.62. The quantitative estimate of drug-likeness (QED) is 0.680. The SMILES string of the molecule is Cc1cc(C)cc(-c2cc(NC3CCCCC3NC(=O)OC(C)(C)C)nc(N)n2)c1. The number of nitrogens with one attached hydrogen (secondary N) is 2. The van der Waals surface area contributed by atoms with Crippen molar-refractivity contribution in [1.29, 1.82) is 0 Å². The number of carbonyl (C=O) groups is 1. The Kier molecular flexibility index (Phi) is 6.48. The number of hydrogen-bond acceptors (Lipinski definition) is 6. The molecule has 2 aromatic rings. The van der Waals surface area contributed by atoms with Crippen molar-refractivity contribution in [1.82, 2.24) is 15.3 Å². The average Bonchev–Trinajstić information content (AvgIpc) is 2.60. The van der Waals surface area contributed by atoms with Gasteiger partial charge in [-0.05, 0) is 59.6 Å². The van der Waals surface area contributed by atoms with E-state index in [9.17, 15) is 4.79 Å². The number of alkyl carbamates (subject to hydrolysis) is 1. The normalized spacial score (nSPS) is 19.2. The van der Waals surface area contributed by atoms with E-state index in [0.717, 1.165) is 36.9 Å². The topological polar surface area (TPSA) is 102 Å². The number of nitrogens with two attached hydrogens (primary N) is 1. The third-order valence-corrected chi connectivity index (χ3v) is 5.06. The number of nitrogens with zero attached hydrogens (tertiary/aromatic N) is 2. The van der Waals surface area contributed by atoms with E-state index >= 15 is 0 Å². The molecule has 7 nitrogen and oxygen atoms in total. The van der Waals surface area contributed by atoms with Crippen LogP contribution >= 0.6 is 0 Å². The molecule has 1 aliphatic rings. The first-order valence-corrected chi connectivity index (χ1v) is 10.6. The van der Waals surface area contributed by atoms with Crippen molar-refractivity contribution in [3.05, 3.63) is 35.4 Å². The number of carbonyl (C=O) groups excluding carboxylic acids is 1. The number of aryl methyl sites for hydroxylation is 2. The summed E-state index contributed by atoms with van der Waals surface area (Å²) in [7, 11) is 0. The molecule has 1 saturated carbocycles. The van der Waals surface area contributed by atoms with E-state index in [1.165, 1.54) is 11.1 Å². The van der Waals surface area contributed by atoms with Gasteiger partial charge in [-0.2, -0.15) is 4.98 Å². The lowest BCUT2D eigenvalue weighted by molar-refractivity contribution is 0.0488. The predicted molar refractivity (Wildman–Crippen MR) is 120 cm³/mol. The second kappa shape index (κ2) is 8.90. The molecule has 1 fully saturated rings. The van der Waals surface area contributed by atoms with Gasteiger partial charge in [0.05, 0.1) is 11.7 Å². The molecule has 7 heteroatoms. The summed E-state index contributed by atoms with van der Waals surface area (Å²) < 4.78 is 5.43. The third-order valence-electron chi connectivity index (χ3n) is 5.06. The molecule has 0 aliphatic heterocycles. The number of aromatic nitrogens is 2. The predicted octanol–water partition coefficient (Wildman–Crippen LogP) is 4.59. The van der Waals surface area contributed by atoms with Crippen LogP contribution in [-0.2, 0) is 4.74 Å². The fraction of sp³-hybridized carbons (Fsp3) is 0.522. The monoisotopic (exact) mass is 411 g/mol. The van der Waals surface area contributed by atoms with Crippen molar-refractivity contribution in [2.75, 3.05) is 11.1 Å². The van der Waals surface area contributed by atoms with Crippen LogP contribution in [-0.4, -0.2) is 33.7 Å². The molecule has 2 unspecified atom stereocenters. The van der Waals surface area contributed by atoms with Gasteiger partial charge in [0.2, 0.25) is 5.95 Å². The molecule has 0 spiro atoms. The van der Waals surface area contributed by atoms with Gasteiger partial charge in [-0.25, -0.2) is 9.78 Å². The van der Waals surface area contributed by atoms with Gasteiger partial charge in [0.15, 0.2) is 0 Å². The van der Waals surface area contributed by atoms with Crippen LogP contribution in [0.4, 0.5) is 16.6 Å². The Morgan fingerprint density at radius 3 is 2.30 bits per heavy atom. The van der Waals surface area contributed by atoms with Gasteiger partial charge in [-0.15, -0.1) is 0 Å². The lowest BCUT2D eigenvalue weighted by atomic mass is 9.90. The molecule has 162 valence electrons. The zero-order valence-corrected chi connectivity index (χ0v) is 18.6. The minimum absolute atomic E-state index is 0.0329. The molecule has 0 bridgehead atoms. The van der Waals surface area contributed by atoms with E-state index in [0.29, 0.717) is 5.82 Å². The Bertz CT molecular complexity index is 887. The maximum Gasteiger partial charge on any atom is 0.407 e. The maximum absolute atomic E-state index is 12.3. The lowest BCUT2D eigenvalue weighted by Crippen LogP contribution is -2.49. The summed E-state index contributed by atoms with van der Waals surface area (Å²) in [6.45, 7) is 9.72. The van der Waals surface area contributed by atoms with E-state index in [-0.39, 0.29) is 24.1 Å². The van der Waals surface area contributed by atoms with Crippen LogP contribution in [0.1, 0.15) is 57.6 Å². The van der Waals surface area contributed by atoms with Gasteiger partial charge >= 0.3 is 6.09 Å². The molecule has 1 heterocycles. The van der Waals surface area contributed by atoms with E-state index in [1.54, 1.807) is 0 Å². The molecule has 1 amide bonds. The van der Waals surface area contributed by atoms with Gasteiger partial charge in [0, 0.05) is 17.7 Å². The number of rotatable bonds is 4. The molecular formula is C23H33N5O2. The molecule has 1 aromatic carbocycles. The molecule has 3 rings (SSSR count). The van der Waals surface area contributed by atoms with Crippen LogP contribution in [0.25, 0.3) is 11.3 Å². The van der Waals surface area contributed by atoms with Crippen molar-refractivity contribution in [2.45, 2.75) is 78.0 Å². The van der Waals surface area contributed by atoms with Gasteiger partial charge in [-0.3, -0.25) is 0 Å². The Morgan fingerprint density at radius 1 is 1.03 bits per heavy atom. The highest BCUT2D eigenvalue weighted by Gasteiger charge is 2.28. The highest BCUT2D eigenvalue weighted by molar-refractivity contribution is 5.68. The Labute approximate surface area is 178 Å². The molecule has 0 saturated heterocycles. The van der Waals surface area contributed by atoms with Crippen molar-refractivity contribution < 1.29 is 9.53 Å². The first-order chi connectivity index (χ1) is 14.1. The molecule has 30 heavy (non-hydrogen) atoms. The zero-order valence-electron chi connectivity index (χ0n) is 18.6. The van der Waals surface area contributed by atoms with Gasteiger partial charge < -0.3 is 21.1 Å². The van der Waals surface area contributed by atoms with E-state index in [2.05, 4.69) is 52.6 Å². The highest BCUT2D eigenvalue weighted by atomic mass is 16.6. The van der Waals surface area contributed by atoms with Gasteiger partial charge in [-0.1, -0.05) is 30.0 Å². The van der Waals surface area contributed by atoms with Crippen LogP contribution in [0.3, 0.4) is 0 Å². The van der Waals surface area contributed by atoms with Crippen molar-refractivity contribution in [2.24, 2.45) is 0 Å². The molecule has 1 aliphatic carbocycles. The summed E-state index contributed by atoms with van der Waals surface area (Å²) in [4.78, 5) is 21.1. The average molecular weight is 412 g/mol. The summed E-state index contributed by atoms with van der Waals surface area (Å²) in [5.74, 6) is 0.890. The summed E-state index contributed by atoms with van der Waals surface area (Å²) in [6, 6.07) is 8.24. The number of anilines is 2. The van der Waals surface area contributed by atoms with E-state index < -0.39 is 5.60 Å². The van der Waals surface area contributed by atoms with E-state index in [1.807, 2.05) is 26.8 Å². The van der Waals surface area contributed by atoms with Gasteiger partial charge in [0.25, 0.3) is 0 Å². The second-order valence-corrected chi connectivity index (χ2v) is 9.16. The molecule has 4 N–H and O–H groups in total. The number of hydrogen-bond donors (Lipinski definition) is 3. The first kappa shape index (κ1) is 21.9. The van der Waals surface area contributed by atoms with Crippen LogP contribution < -0.4 is 16.4 Å². The van der Waals surface area contributed by atoms with Crippen LogP contribution in [0.5, 0.6) is 0 Å². The molecule has 0 radical (unpaired) electrons. The minimum Gasteiger partial charge on any atom is -0.444 e. The van der Waals surface area contributed by atoms with Crippen molar-refractivity contribution in [3.8, 4) is 11.3 Å². The summed E-state index contributed by atoms with van der Waals surface area (Å²) >= 11 is 0. The first-order valence-electron chi connectivity index (χ1n) is 10.6. The Balaban J connectivity index is 1.78. The van der Waals surface area contributed by atoms with Crippen molar-refractivity contribution >= 4 is 17.9 Å². The Hall–Kier alpha value is -2.83. The molecule has 1 aromatic heterocycles. The third kappa shape index (κ3) is 6.08.